The summed E-state index contributed by atoms with van der Waals surface area (Å²) in [6, 6.07) is 7.12. The van der Waals surface area contributed by atoms with Crippen LogP contribution in [0.15, 0.2) is 43.0 Å². The smallest absolute Gasteiger partial charge is 0.255 e. The van der Waals surface area contributed by atoms with Crippen molar-refractivity contribution in [2.24, 2.45) is 0 Å². The third-order valence-corrected chi connectivity index (χ3v) is 4.25. The van der Waals surface area contributed by atoms with Crippen LogP contribution in [-0.2, 0) is 0 Å². The summed E-state index contributed by atoms with van der Waals surface area (Å²) in [4.78, 5) is 25.1. The number of hydrogen-bond acceptors (Lipinski definition) is 7. The van der Waals surface area contributed by atoms with Crippen molar-refractivity contribution in [3.63, 3.8) is 0 Å². The molecule has 4 rings (SSSR count). The molecular weight excluding hydrogens is 360 g/mol. The molecule has 0 saturated carbocycles. The Labute approximate surface area is 161 Å². The summed E-state index contributed by atoms with van der Waals surface area (Å²) < 4.78 is 13.0. The van der Waals surface area contributed by atoms with Crippen molar-refractivity contribution in [2.75, 3.05) is 31.6 Å². The molecule has 3 aromatic rings. The Bertz CT molecular complexity index is 987. The van der Waals surface area contributed by atoms with E-state index in [1.165, 1.54) is 6.33 Å². The van der Waals surface area contributed by atoms with Gasteiger partial charge in [-0.25, -0.2) is 15.0 Å². The Kier molecular flexibility index (Phi) is 5.05. The molecule has 3 heterocycles. The molecule has 1 amide bonds. The first-order valence-corrected chi connectivity index (χ1v) is 8.95. The van der Waals surface area contributed by atoms with Crippen LogP contribution in [0.2, 0.25) is 0 Å². The van der Waals surface area contributed by atoms with E-state index in [4.69, 9.17) is 9.47 Å². The first-order valence-electron chi connectivity index (χ1n) is 8.95. The number of nitrogens with one attached hydrogen (secondary N) is 2. The molecule has 9 nitrogen and oxygen atoms in total. The predicted molar refractivity (Wildman–Crippen MR) is 102 cm³/mol. The van der Waals surface area contributed by atoms with E-state index < -0.39 is 0 Å². The van der Waals surface area contributed by atoms with E-state index in [-0.39, 0.29) is 5.91 Å². The number of benzene rings is 1. The molecule has 0 spiro atoms. The molecule has 1 aliphatic rings. The van der Waals surface area contributed by atoms with Crippen LogP contribution in [0.5, 0.6) is 11.5 Å². The van der Waals surface area contributed by atoms with Gasteiger partial charge in [0.15, 0.2) is 11.5 Å². The van der Waals surface area contributed by atoms with Crippen LogP contribution in [0.1, 0.15) is 16.2 Å². The average Bonchev–Trinajstić information content (AvgIpc) is 3.17. The number of aromatic nitrogens is 4. The summed E-state index contributed by atoms with van der Waals surface area (Å²) in [6.07, 6.45) is 5.05. The molecule has 1 aromatic carbocycles. The number of rotatable bonds is 6. The Morgan fingerprint density at radius 1 is 1.18 bits per heavy atom. The molecule has 9 heteroatoms. The second kappa shape index (κ2) is 7.95. The minimum atomic E-state index is -0.207. The number of amides is 1. The number of imidazole rings is 1. The van der Waals surface area contributed by atoms with Gasteiger partial charge < -0.3 is 20.1 Å². The van der Waals surface area contributed by atoms with Gasteiger partial charge in [0.1, 0.15) is 37.0 Å². The Hall–Kier alpha value is -3.62. The lowest BCUT2D eigenvalue weighted by atomic mass is 10.1. The lowest BCUT2D eigenvalue weighted by Gasteiger charge is -2.20. The second-order valence-electron chi connectivity index (χ2n) is 6.12. The molecule has 0 unspecified atom stereocenters. The van der Waals surface area contributed by atoms with Crippen LogP contribution in [-0.4, -0.2) is 51.7 Å². The fraction of sp³-hybridized carbons (Fsp3) is 0.263. The highest BCUT2D eigenvalue weighted by Gasteiger charge is 2.19. The number of carbonyl (C=O) groups is 1. The van der Waals surface area contributed by atoms with Gasteiger partial charge in [0.25, 0.3) is 5.91 Å². The molecule has 28 heavy (non-hydrogen) atoms. The van der Waals surface area contributed by atoms with E-state index in [2.05, 4.69) is 25.6 Å². The van der Waals surface area contributed by atoms with Crippen LogP contribution in [0.4, 0.5) is 5.82 Å². The van der Waals surface area contributed by atoms with Crippen molar-refractivity contribution in [1.82, 2.24) is 24.8 Å². The summed E-state index contributed by atoms with van der Waals surface area (Å²) in [6.45, 7) is 3.76. The van der Waals surface area contributed by atoms with Crippen LogP contribution < -0.4 is 20.1 Å². The van der Waals surface area contributed by atoms with E-state index in [0.29, 0.717) is 49.2 Å². The van der Waals surface area contributed by atoms with Gasteiger partial charge in [0, 0.05) is 31.5 Å². The predicted octanol–water partition coefficient (Wildman–Crippen LogP) is 1.58. The molecule has 0 bridgehead atoms. The van der Waals surface area contributed by atoms with Gasteiger partial charge in [-0.2, -0.15) is 0 Å². The zero-order valence-electron chi connectivity index (χ0n) is 15.4. The van der Waals surface area contributed by atoms with Crippen molar-refractivity contribution >= 4 is 11.7 Å². The number of carbonyl (C=O) groups excluding carboxylic acids is 1. The molecule has 0 fully saturated rings. The number of para-hydroxylation sites is 1. The summed E-state index contributed by atoms with van der Waals surface area (Å²) in [5.74, 6) is 3.12. The first-order chi connectivity index (χ1) is 13.7. The minimum absolute atomic E-state index is 0.207. The van der Waals surface area contributed by atoms with Gasteiger partial charge in [-0.1, -0.05) is 6.07 Å². The fourth-order valence-electron chi connectivity index (χ4n) is 2.91. The summed E-state index contributed by atoms with van der Waals surface area (Å²) >= 11 is 0. The van der Waals surface area contributed by atoms with Crippen molar-refractivity contribution < 1.29 is 14.3 Å². The van der Waals surface area contributed by atoms with Crippen LogP contribution in [0, 0.1) is 6.92 Å². The normalized spacial score (nSPS) is 12.5. The number of aryl methyl sites for hydroxylation is 1. The van der Waals surface area contributed by atoms with E-state index in [1.54, 1.807) is 24.4 Å². The standard InChI is InChI=1S/C19H20N6O3/c1-13-20-7-8-25(13)17-11-16(23-12-24-17)21-5-6-22-19(26)14-3-2-4-15-18(14)28-10-9-27-15/h2-4,7-8,11-12H,5-6,9-10H2,1H3,(H,22,26)(H,21,23,24). The van der Waals surface area contributed by atoms with E-state index in [9.17, 15) is 4.79 Å². The van der Waals surface area contributed by atoms with E-state index in [0.717, 1.165) is 11.6 Å². The first kappa shape index (κ1) is 17.8. The van der Waals surface area contributed by atoms with Crippen molar-refractivity contribution in [3.8, 4) is 17.3 Å². The average molecular weight is 380 g/mol. The topological polar surface area (TPSA) is 103 Å². The maximum absolute atomic E-state index is 12.5. The second-order valence-corrected chi connectivity index (χ2v) is 6.12. The molecule has 0 saturated heterocycles. The number of nitrogens with zero attached hydrogens (tertiary/aromatic N) is 4. The Morgan fingerprint density at radius 3 is 2.93 bits per heavy atom. The molecule has 0 atom stereocenters. The summed E-state index contributed by atoms with van der Waals surface area (Å²) in [5, 5.41) is 6.06. The number of ether oxygens (including phenoxy) is 2. The molecule has 2 aromatic heterocycles. The van der Waals surface area contributed by atoms with Crippen LogP contribution in [0.25, 0.3) is 5.82 Å². The number of hydrogen-bond donors (Lipinski definition) is 2. The van der Waals surface area contributed by atoms with Crippen molar-refractivity contribution in [3.05, 3.63) is 54.4 Å². The van der Waals surface area contributed by atoms with Gasteiger partial charge in [-0.05, 0) is 19.1 Å². The van der Waals surface area contributed by atoms with Crippen LogP contribution in [0.3, 0.4) is 0 Å². The van der Waals surface area contributed by atoms with Gasteiger partial charge >= 0.3 is 0 Å². The summed E-state index contributed by atoms with van der Waals surface area (Å²) in [5.41, 5.74) is 0.470. The minimum Gasteiger partial charge on any atom is -0.486 e. The van der Waals surface area contributed by atoms with Gasteiger partial charge in [0.2, 0.25) is 0 Å². The number of fused-ring (bicyclic) bond motifs is 1. The maximum Gasteiger partial charge on any atom is 0.255 e. The zero-order chi connectivity index (χ0) is 19.3. The van der Waals surface area contributed by atoms with Gasteiger partial charge in [-0.3, -0.25) is 9.36 Å². The Balaban J connectivity index is 1.33. The molecular formula is C19H20N6O3. The third kappa shape index (κ3) is 3.73. The fourth-order valence-corrected chi connectivity index (χ4v) is 2.91. The third-order valence-electron chi connectivity index (χ3n) is 4.25. The lowest BCUT2D eigenvalue weighted by Crippen LogP contribution is -2.30. The molecule has 0 aliphatic carbocycles. The Morgan fingerprint density at radius 2 is 2.07 bits per heavy atom. The molecule has 1 aliphatic heterocycles. The zero-order valence-corrected chi connectivity index (χ0v) is 15.4. The van der Waals surface area contributed by atoms with E-state index >= 15 is 0 Å². The van der Waals surface area contributed by atoms with Crippen LogP contribution >= 0.6 is 0 Å². The van der Waals surface area contributed by atoms with Gasteiger partial charge in [-0.15, -0.1) is 0 Å². The highest BCUT2D eigenvalue weighted by atomic mass is 16.6. The summed E-state index contributed by atoms with van der Waals surface area (Å²) in [7, 11) is 0. The monoisotopic (exact) mass is 380 g/mol. The molecule has 144 valence electrons. The SMILES string of the molecule is Cc1nccn1-c1cc(NCCNC(=O)c2cccc3c2OCCO3)ncn1. The molecule has 0 radical (unpaired) electrons. The molecule has 2 N–H and O–H groups in total. The van der Waals surface area contributed by atoms with Crippen molar-refractivity contribution in [1.29, 1.82) is 0 Å². The van der Waals surface area contributed by atoms with E-state index in [1.807, 2.05) is 23.8 Å². The maximum atomic E-state index is 12.5. The highest BCUT2D eigenvalue weighted by molar-refractivity contribution is 5.97. The largest absolute Gasteiger partial charge is 0.486 e. The van der Waals surface area contributed by atoms with Crippen molar-refractivity contribution in [2.45, 2.75) is 6.92 Å². The lowest BCUT2D eigenvalue weighted by molar-refractivity contribution is 0.0944. The van der Waals surface area contributed by atoms with Gasteiger partial charge in [0.05, 0.1) is 5.56 Å². The quantitative estimate of drug-likeness (QED) is 0.626. The number of anilines is 1. The highest BCUT2D eigenvalue weighted by Crippen LogP contribution is 2.33.